The van der Waals surface area contributed by atoms with E-state index in [1.165, 1.54) is 80.5 Å². The van der Waals surface area contributed by atoms with Crippen molar-refractivity contribution in [2.24, 2.45) is 0 Å². The fourth-order valence-electron chi connectivity index (χ4n) is 4.63. The van der Waals surface area contributed by atoms with Crippen molar-refractivity contribution in [3.8, 4) is 11.1 Å². The van der Waals surface area contributed by atoms with Gasteiger partial charge in [0, 0.05) is 38.1 Å². The van der Waals surface area contributed by atoms with Gasteiger partial charge < -0.3 is 0 Å². The maximum atomic E-state index is 4.20. The number of nitrogens with zero attached hydrogens (tertiary/aromatic N) is 3. The molecule has 1 saturated carbocycles. The maximum Gasteiger partial charge on any atom is 0.0303 e. The van der Waals surface area contributed by atoms with Crippen molar-refractivity contribution in [3.05, 3.63) is 53.9 Å². The largest absolute Gasteiger partial charge is 0.299 e. The zero-order valence-corrected chi connectivity index (χ0v) is 16.0. The molecule has 3 nitrogen and oxygen atoms in total. The lowest BCUT2D eigenvalue weighted by atomic mass is 10.0. The van der Waals surface area contributed by atoms with Gasteiger partial charge in [0.2, 0.25) is 0 Å². The lowest BCUT2D eigenvalue weighted by Crippen LogP contribution is -2.36. The van der Waals surface area contributed by atoms with Crippen molar-refractivity contribution in [2.45, 2.75) is 51.6 Å². The second-order valence-electron chi connectivity index (χ2n) is 7.99. The fourth-order valence-corrected chi connectivity index (χ4v) is 4.63. The summed E-state index contributed by atoms with van der Waals surface area (Å²) in [6.07, 6.45) is 10.9. The zero-order valence-electron chi connectivity index (χ0n) is 16.0. The van der Waals surface area contributed by atoms with Gasteiger partial charge in [-0.1, -0.05) is 37.1 Å². The van der Waals surface area contributed by atoms with Crippen LogP contribution >= 0.6 is 0 Å². The highest BCUT2D eigenvalue weighted by Gasteiger charge is 2.24. The summed E-state index contributed by atoms with van der Waals surface area (Å²) in [5, 5.41) is 0. The van der Waals surface area contributed by atoms with Gasteiger partial charge in [0.15, 0.2) is 0 Å². The molecule has 3 heteroatoms. The van der Waals surface area contributed by atoms with Crippen LogP contribution in [0.4, 0.5) is 0 Å². The van der Waals surface area contributed by atoms with Crippen LogP contribution in [0.15, 0.2) is 42.7 Å². The Bertz CT molecular complexity index is 704. The topological polar surface area (TPSA) is 19.4 Å². The molecule has 0 amide bonds. The molecule has 1 saturated heterocycles. The predicted octanol–water partition coefficient (Wildman–Crippen LogP) is 4.51. The minimum absolute atomic E-state index is 0.873. The summed E-state index contributed by atoms with van der Waals surface area (Å²) < 4.78 is 0. The summed E-state index contributed by atoms with van der Waals surface area (Å²) in [4.78, 5) is 9.60. The van der Waals surface area contributed by atoms with Gasteiger partial charge in [0.1, 0.15) is 0 Å². The van der Waals surface area contributed by atoms with E-state index in [1.54, 1.807) is 0 Å². The molecule has 26 heavy (non-hydrogen) atoms. The van der Waals surface area contributed by atoms with Crippen LogP contribution in [0.3, 0.4) is 0 Å². The van der Waals surface area contributed by atoms with Crippen molar-refractivity contribution in [2.75, 3.05) is 26.2 Å². The van der Waals surface area contributed by atoms with E-state index in [1.807, 2.05) is 12.4 Å². The standard InChI is InChI=1S/C23H31N3/c1-19-17-24-12-11-23(19)21-9-7-20(8-10-21)18-25-13-4-14-26(16-15-25)22-5-2-3-6-22/h7-12,17,22H,2-6,13-16,18H2,1H3. The van der Waals surface area contributed by atoms with Crippen LogP contribution in [-0.4, -0.2) is 47.0 Å². The first-order chi connectivity index (χ1) is 12.8. The van der Waals surface area contributed by atoms with E-state index in [0.717, 1.165) is 12.6 Å². The van der Waals surface area contributed by atoms with E-state index in [0.29, 0.717) is 0 Å². The first-order valence-corrected chi connectivity index (χ1v) is 10.3. The van der Waals surface area contributed by atoms with Crippen molar-refractivity contribution in [3.63, 3.8) is 0 Å². The highest BCUT2D eigenvalue weighted by atomic mass is 15.2. The predicted molar refractivity (Wildman–Crippen MR) is 108 cm³/mol. The van der Waals surface area contributed by atoms with Gasteiger partial charge in [0.25, 0.3) is 0 Å². The van der Waals surface area contributed by atoms with Gasteiger partial charge in [-0.05, 0) is 67.6 Å². The van der Waals surface area contributed by atoms with Crippen LogP contribution in [0.5, 0.6) is 0 Å². The summed E-state index contributed by atoms with van der Waals surface area (Å²) in [7, 11) is 0. The number of rotatable bonds is 4. The van der Waals surface area contributed by atoms with Crippen molar-refractivity contribution >= 4 is 0 Å². The Hall–Kier alpha value is -1.71. The van der Waals surface area contributed by atoms with Crippen LogP contribution in [0.1, 0.15) is 43.2 Å². The third-order valence-electron chi connectivity index (χ3n) is 6.16. The van der Waals surface area contributed by atoms with E-state index >= 15 is 0 Å². The summed E-state index contributed by atoms with van der Waals surface area (Å²) in [6.45, 7) is 8.19. The first kappa shape index (κ1) is 17.7. The highest BCUT2D eigenvalue weighted by Crippen LogP contribution is 2.25. The smallest absolute Gasteiger partial charge is 0.0303 e. The SMILES string of the molecule is Cc1cnccc1-c1ccc(CN2CCCN(C3CCCC3)CC2)cc1. The second kappa shape index (κ2) is 8.32. The lowest BCUT2D eigenvalue weighted by Gasteiger charge is -2.27. The summed E-state index contributed by atoms with van der Waals surface area (Å²) >= 11 is 0. The van der Waals surface area contributed by atoms with Gasteiger partial charge in [0.05, 0.1) is 0 Å². The number of aromatic nitrogens is 1. The Labute approximate surface area is 158 Å². The molecule has 0 atom stereocenters. The average molecular weight is 350 g/mol. The van der Waals surface area contributed by atoms with Gasteiger partial charge in [-0.3, -0.25) is 14.8 Å². The Morgan fingerprint density at radius 1 is 0.923 bits per heavy atom. The maximum absolute atomic E-state index is 4.20. The molecule has 4 rings (SSSR count). The molecule has 0 unspecified atom stereocenters. The molecule has 1 aromatic carbocycles. The molecule has 0 spiro atoms. The van der Waals surface area contributed by atoms with Gasteiger partial charge >= 0.3 is 0 Å². The third kappa shape index (κ3) is 4.16. The van der Waals surface area contributed by atoms with Gasteiger partial charge in [-0.15, -0.1) is 0 Å². The number of hydrogen-bond acceptors (Lipinski definition) is 3. The minimum atomic E-state index is 0.873. The second-order valence-corrected chi connectivity index (χ2v) is 7.99. The van der Waals surface area contributed by atoms with Crippen LogP contribution in [0.25, 0.3) is 11.1 Å². The molecular weight excluding hydrogens is 318 g/mol. The normalized spacial score (nSPS) is 20.3. The van der Waals surface area contributed by atoms with E-state index in [-0.39, 0.29) is 0 Å². The van der Waals surface area contributed by atoms with E-state index in [2.05, 4.69) is 52.0 Å². The molecule has 2 heterocycles. The fraction of sp³-hybridized carbons (Fsp3) is 0.522. The Balaban J connectivity index is 1.36. The number of benzene rings is 1. The van der Waals surface area contributed by atoms with E-state index in [9.17, 15) is 0 Å². The Kier molecular flexibility index (Phi) is 5.66. The van der Waals surface area contributed by atoms with Crippen LogP contribution < -0.4 is 0 Å². The molecule has 138 valence electrons. The Morgan fingerprint density at radius 2 is 1.73 bits per heavy atom. The molecular formula is C23H31N3. The lowest BCUT2D eigenvalue weighted by molar-refractivity contribution is 0.198. The first-order valence-electron chi connectivity index (χ1n) is 10.3. The summed E-state index contributed by atoms with van der Waals surface area (Å²) in [6, 6.07) is 12.1. The monoisotopic (exact) mass is 349 g/mol. The Morgan fingerprint density at radius 3 is 2.50 bits per heavy atom. The summed E-state index contributed by atoms with van der Waals surface area (Å²) in [5.41, 5.74) is 5.24. The van der Waals surface area contributed by atoms with Crippen molar-refractivity contribution < 1.29 is 0 Å². The van der Waals surface area contributed by atoms with E-state index < -0.39 is 0 Å². The molecule has 0 bridgehead atoms. The average Bonchev–Trinajstić information content (AvgIpc) is 3.10. The molecule has 2 fully saturated rings. The molecule has 1 aliphatic heterocycles. The zero-order chi connectivity index (χ0) is 17.8. The third-order valence-corrected chi connectivity index (χ3v) is 6.16. The van der Waals surface area contributed by atoms with Crippen LogP contribution in [0, 0.1) is 6.92 Å². The van der Waals surface area contributed by atoms with Gasteiger partial charge in [-0.2, -0.15) is 0 Å². The molecule has 0 radical (unpaired) electrons. The quantitative estimate of drug-likeness (QED) is 0.810. The van der Waals surface area contributed by atoms with Gasteiger partial charge in [-0.25, -0.2) is 0 Å². The minimum Gasteiger partial charge on any atom is -0.299 e. The van der Waals surface area contributed by atoms with Crippen LogP contribution in [0.2, 0.25) is 0 Å². The van der Waals surface area contributed by atoms with Crippen molar-refractivity contribution in [1.82, 2.24) is 14.8 Å². The number of aryl methyl sites for hydroxylation is 1. The highest BCUT2D eigenvalue weighted by molar-refractivity contribution is 5.66. The molecule has 1 aliphatic carbocycles. The molecule has 0 N–H and O–H groups in total. The molecule has 1 aromatic heterocycles. The van der Waals surface area contributed by atoms with Crippen molar-refractivity contribution in [1.29, 1.82) is 0 Å². The van der Waals surface area contributed by atoms with Crippen LogP contribution in [-0.2, 0) is 6.54 Å². The molecule has 2 aromatic rings. The number of pyridine rings is 1. The van der Waals surface area contributed by atoms with E-state index in [4.69, 9.17) is 0 Å². The molecule has 2 aliphatic rings. The number of hydrogen-bond donors (Lipinski definition) is 0. The summed E-state index contributed by atoms with van der Waals surface area (Å²) in [5.74, 6) is 0.